The van der Waals surface area contributed by atoms with Crippen LogP contribution in [0.15, 0.2) is 109 Å². The number of methoxy groups -OCH3 is 1. The largest absolute Gasteiger partial charge is 0.497 e. The number of halogens is 4. The highest BCUT2D eigenvalue weighted by atomic mass is 19.2. The van der Waals surface area contributed by atoms with Crippen molar-refractivity contribution < 1.29 is 31.8 Å². The lowest BCUT2D eigenvalue weighted by Crippen LogP contribution is -2.02. The van der Waals surface area contributed by atoms with Gasteiger partial charge in [-0.1, -0.05) is 50.6 Å². The van der Waals surface area contributed by atoms with E-state index in [9.17, 15) is 17.6 Å². The van der Waals surface area contributed by atoms with Crippen molar-refractivity contribution in [2.45, 2.75) is 6.92 Å². The van der Waals surface area contributed by atoms with Crippen molar-refractivity contribution in [3.63, 3.8) is 0 Å². The lowest BCUT2D eigenvalue weighted by molar-refractivity contribution is 0.224. The number of allylic oxidation sites excluding steroid dienone is 5. The van der Waals surface area contributed by atoms with E-state index in [0.717, 1.165) is 0 Å². The second kappa shape index (κ2) is 12.5. The summed E-state index contributed by atoms with van der Waals surface area (Å²) in [5.41, 5.74) is 0.629. The molecule has 0 bridgehead atoms. The van der Waals surface area contributed by atoms with Crippen LogP contribution in [-0.2, 0) is 4.74 Å². The molecule has 0 fully saturated rings. The first-order valence-electron chi connectivity index (χ1n) is 10.5. The molecule has 0 spiro atoms. The molecule has 0 aliphatic carbocycles. The van der Waals surface area contributed by atoms with Crippen LogP contribution in [0.5, 0.6) is 11.5 Å². The first kappa shape index (κ1) is 27.2. The maximum atomic E-state index is 14.6. The maximum absolute atomic E-state index is 14.6. The summed E-state index contributed by atoms with van der Waals surface area (Å²) >= 11 is 0. The van der Waals surface area contributed by atoms with Gasteiger partial charge in [-0.05, 0) is 47.9 Å². The van der Waals surface area contributed by atoms with Crippen LogP contribution in [0.25, 0.3) is 11.1 Å². The molecule has 2 aromatic carbocycles. The van der Waals surface area contributed by atoms with Crippen LogP contribution in [-0.4, -0.2) is 20.3 Å². The van der Waals surface area contributed by atoms with Gasteiger partial charge in [-0.3, -0.25) is 0 Å². The Morgan fingerprint density at radius 2 is 1.54 bits per heavy atom. The van der Waals surface area contributed by atoms with Gasteiger partial charge in [-0.25, -0.2) is 8.78 Å². The Labute approximate surface area is 202 Å². The molecule has 0 saturated carbocycles. The quantitative estimate of drug-likeness (QED) is 0.173. The molecule has 184 valence electrons. The fourth-order valence-electron chi connectivity index (χ4n) is 2.81. The molecule has 7 heteroatoms. The molecule has 0 amide bonds. The number of hydrogen-bond acceptors (Lipinski definition) is 3. The Kier molecular flexibility index (Phi) is 9.70. The number of benzene rings is 2. The average Bonchev–Trinajstić information content (AvgIpc) is 2.86. The Morgan fingerprint density at radius 3 is 2.14 bits per heavy atom. The third-order valence-electron chi connectivity index (χ3n) is 4.79. The number of rotatable bonds is 12. The summed E-state index contributed by atoms with van der Waals surface area (Å²) in [4.78, 5) is 0. The summed E-state index contributed by atoms with van der Waals surface area (Å²) in [5.74, 6) is -4.90. The topological polar surface area (TPSA) is 27.7 Å². The van der Waals surface area contributed by atoms with Crippen LogP contribution in [0.2, 0.25) is 0 Å². The van der Waals surface area contributed by atoms with Crippen molar-refractivity contribution in [3.8, 4) is 22.6 Å². The van der Waals surface area contributed by atoms with Crippen LogP contribution >= 0.6 is 0 Å². The van der Waals surface area contributed by atoms with E-state index in [1.807, 2.05) is 0 Å². The van der Waals surface area contributed by atoms with Gasteiger partial charge in [0.05, 0.1) is 13.7 Å². The molecular formula is C28H26F4O3. The van der Waals surface area contributed by atoms with Gasteiger partial charge in [0, 0.05) is 11.1 Å². The summed E-state index contributed by atoms with van der Waals surface area (Å²) in [5, 5.41) is 0. The molecule has 0 N–H and O–H groups in total. The zero-order chi connectivity index (χ0) is 26.1. The van der Waals surface area contributed by atoms with E-state index in [-0.39, 0.29) is 35.7 Å². The van der Waals surface area contributed by atoms with Crippen molar-refractivity contribution >= 4 is 0 Å². The van der Waals surface area contributed by atoms with Gasteiger partial charge in [0.2, 0.25) is 11.6 Å². The number of hydrogen-bond donors (Lipinski definition) is 0. The minimum absolute atomic E-state index is 0.0594. The van der Waals surface area contributed by atoms with E-state index in [4.69, 9.17) is 14.2 Å². The zero-order valence-electron chi connectivity index (χ0n) is 19.6. The van der Waals surface area contributed by atoms with Crippen molar-refractivity contribution in [1.82, 2.24) is 0 Å². The molecule has 0 saturated heterocycles. The smallest absolute Gasteiger partial charge is 0.201 e. The van der Waals surface area contributed by atoms with E-state index in [1.165, 1.54) is 31.4 Å². The van der Waals surface area contributed by atoms with E-state index in [2.05, 4.69) is 26.3 Å². The van der Waals surface area contributed by atoms with Crippen molar-refractivity contribution in [2.75, 3.05) is 20.3 Å². The molecule has 2 aromatic rings. The minimum atomic E-state index is -1.27. The van der Waals surface area contributed by atoms with E-state index in [0.29, 0.717) is 16.9 Å². The summed E-state index contributed by atoms with van der Waals surface area (Å²) in [6.07, 6.45) is 2.75. The Balaban J connectivity index is 2.03. The molecule has 0 aliphatic rings. The first-order valence-corrected chi connectivity index (χ1v) is 10.5. The second-order valence-corrected chi connectivity index (χ2v) is 7.24. The van der Waals surface area contributed by atoms with Gasteiger partial charge in [0.15, 0.2) is 23.2 Å². The molecule has 0 heterocycles. The normalized spacial score (nSPS) is 11.6. The second-order valence-electron chi connectivity index (χ2n) is 7.24. The molecule has 0 aromatic heterocycles. The van der Waals surface area contributed by atoms with E-state index in [1.54, 1.807) is 31.2 Å². The third kappa shape index (κ3) is 6.99. The Bertz CT molecular complexity index is 1190. The highest BCUT2D eigenvalue weighted by molar-refractivity contribution is 5.66. The summed E-state index contributed by atoms with van der Waals surface area (Å²) < 4.78 is 72.6. The Morgan fingerprint density at radius 1 is 0.886 bits per heavy atom. The van der Waals surface area contributed by atoms with Crippen molar-refractivity contribution in [3.05, 3.63) is 121 Å². The summed E-state index contributed by atoms with van der Waals surface area (Å²) in [6, 6.07) is 9.22. The molecule has 3 nitrogen and oxygen atoms in total. The lowest BCUT2D eigenvalue weighted by atomic mass is 10.0. The van der Waals surface area contributed by atoms with Crippen molar-refractivity contribution in [2.24, 2.45) is 0 Å². The van der Waals surface area contributed by atoms with Crippen molar-refractivity contribution in [1.29, 1.82) is 0 Å². The first-order chi connectivity index (χ1) is 16.6. The fraction of sp³-hybridized carbons (Fsp3) is 0.143. The van der Waals surface area contributed by atoms with Gasteiger partial charge >= 0.3 is 0 Å². The molecule has 0 radical (unpaired) electrons. The van der Waals surface area contributed by atoms with Gasteiger partial charge in [0.1, 0.15) is 12.4 Å². The number of ether oxygens (including phenoxy) is 3. The van der Waals surface area contributed by atoms with Gasteiger partial charge < -0.3 is 14.2 Å². The molecule has 0 aliphatic heterocycles. The Hall–Kier alpha value is -4.00. The van der Waals surface area contributed by atoms with Crippen LogP contribution in [0, 0.1) is 11.6 Å². The standard InChI is InChI=1S/C28H26F4O3/c1-7-34-20(5)26(30)25(29)19(4)18(3)9-8-17(2)16-35-24-15-14-23(27(31)28(24)32)21-10-12-22(33-6)13-11-21/h8-15H,2-5,7,16H2,1,6H3/b9-8-,26-25-. The van der Waals surface area contributed by atoms with Crippen LogP contribution in [0.3, 0.4) is 0 Å². The molecule has 2 rings (SSSR count). The minimum Gasteiger partial charge on any atom is -0.497 e. The third-order valence-corrected chi connectivity index (χ3v) is 4.79. The highest BCUT2D eigenvalue weighted by Crippen LogP contribution is 2.31. The van der Waals surface area contributed by atoms with E-state index >= 15 is 0 Å². The van der Waals surface area contributed by atoms with Crippen LogP contribution in [0.4, 0.5) is 17.6 Å². The zero-order valence-corrected chi connectivity index (χ0v) is 19.6. The maximum Gasteiger partial charge on any atom is 0.201 e. The predicted molar refractivity (Wildman–Crippen MR) is 130 cm³/mol. The SMILES string of the molecule is C=C(/C=C\C(=C)C(=C)/C(F)=C(/F)C(=C)OCC)COc1ccc(-c2ccc(OC)cc2)c(F)c1F. The molecule has 35 heavy (non-hydrogen) atoms. The summed E-state index contributed by atoms with van der Waals surface area (Å²) in [6.45, 7) is 15.7. The lowest BCUT2D eigenvalue weighted by Gasteiger charge is -2.11. The van der Waals surface area contributed by atoms with Gasteiger partial charge in [0.25, 0.3) is 0 Å². The van der Waals surface area contributed by atoms with E-state index < -0.39 is 29.0 Å². The monoisotopic (exact) mass is 486 g/mol. The highest BCUT2D eigenvalue weighted by Gasteiger charge is 2.17. The van der Waals surface area contributed by atoms with Crippen LogP contribution in [0.1, 0.15) is 6.92 Å². The van der Waals surface area contributed by atoms with Gasteiger partial charge in [-0.15, -0.1) is 0 Å². The van der Waals surface area contributed by atoms with Gasteiger partial charge in [-0.2, -0.15) is 8.78 Å². The molecule has 0 atom stereocenters. The summed E-state index contributed by atoms with van der Waals surface area (Å²) in [7, 11) is 1.51. The van der Waals surface area contributed by atoms with Crippen LogP contribution < -0.4 is 9.47 Å². The predicted octanol–water partition coefficient (Wildman–Crippen LogP) is 7.94. The fourth-order valence-corrected chi connectivity index (χ4v) is 2.81. The molecule has 0 unspecified atom stereocenters. The molecular weight excluding hydrogens is 460 g/mol. The average molecular weight is 487 g/mol.